The molecule has 0 aliphatic heterocycles. The summed E-state index contributed by atoms with van der Waals surface area (Å²) in [5, 5.41) is 3.36. The molecule has 0 fully saturated rings. The van der Waals surface area contributed by atoms with E-state index in [9.17, 15) is 0 Å². The van der Waals surface area contributed by atoms with Crippen molar-refractivity contribution in [2.45, 2.75) is 47.0 Å². The average Bonchev–Trinajstić information content (AvgIpc) is 2.10. The molecule has 0 amide bonds. The summed E-state index contributed by atoms with van der Waals surface area (Å²) in [5.74, 6) is 1.79. The number of hydrogen-bond acceptors (Lipinski definition) is 1. The summed E-state index contributed by atoms with van der Waals surface area (Å²) in [7, 11) is 0. The first-order chi connectivity index (χ1) is 5.72. The average molecular weight is 171 g/mol. The lowest BCUT2D eigenvalue weighted by Crippen LogP contribution is -2.16. The minimum atomic E-state index is 0.895. The second-order valence-electron chi connectivity index (χ2n) is 3.86. The molecule has 0 spiro atoms. The summed E-state index contributed by atoms with van der Waals surface area (Å²) in [4.78, 5) is 0. The Hall–Kier alpha value is -0.0400. The number of nitrogens with one attached hydrogen (secondary N) is 1. The predicted molar refractivity (Wildman–Crippen MR) is 56.4 cm³/mol. The van der Waals surface area contributed by atoms with Crippen LogP contribution in [0.25, 0.3) is 0 Å². The van der Waals surface area contributed by atoms with Gasteiger partial charge in [0, 0.05) is 0 Å². The first kappa shape index (κ1) is 12.0. The largest absolute Gasteiger partial charge is 0.317 e. The molecule has 1 heteroatoms. The van der Waals surface area contributed by atoms with Gasteiger partial charge in [0.15, 0.2) is 0 Å². The van der Waals surface area contributed by atoms with Gasteiger partial charge in [0.1, 0.15) is 0 Å². The van der Waals surface area contributed by atoms with E-state index in [1.165, 1.54) is 25.8 Å². The molecule has 74 valence electrons. The molecular formula is C11H25N. The fourth-order valence-corrected chi connectivity index (χ4v) is 1.41. The van der Waals surface area contributed by atoms with E-state index in [2.05, 4.69) is 33.0 Å². The third-order valence-electron chi connectivity index (χ3n) is 2.88. The molecule has 0 aromatic heterocycles. The van der Waals surface area contributed by atoms with Crippen LogP contribution in [0.5, 0.6) is 0 Å². The normalized spacial score (nSPS) is 16.0. The summed E-state index contributed by atoms with van der Waals surface area (Å²) in [6.45, 7) is 11.5. The SMILES string of the molecule is CCNCCCC(C)C(C)CC. The van der Waals surface area contributed by atoms with Crippen LogP contribution in [0.15, 0.2) is 0 Å². The van der Waals surface area contributed by atoms with E-state index in [1.807, 2.05) is 0 Å². The maximum absolute atomic E-state index is 3.36. The van der Waals surface area contributed by atoms with Crippen LogP contribution < -0.4 is 5.32 Å². The summed E-state index contributed by atoms with van der Waals surface area (Å²) in [5.41, 5.74) is 0. The van der Waals surface area contributed by atoms with Gasteiger partial charge in [-0.1, -0.05) is 34.1 Å². The van der Waals surface area contributed by atoms with Gasteiger partial charge < -0.3 is 5.32 Å². The quantitative estimate of drug-likeness (QED) is 0.580. The Labute approximate surface area is 77.9 Å². The van der Waals surface area contributed by atoms with E-state index in [1.54, 1.807) is 0 Å². The maximum Gasteiger partial charge on any atom is -0.00489 e. The van der Waals surface area contributed by atoms with Crippen LogP contribution in [0, 0.1) is 11.8 Å². The molecular weight excluding hydrogens is 146 g/mol. The van der Waals surface area contributed by atoms with E-state index >= 15 is 0 Å². The van der Waals surface area contributed by atoms with Crippen molar-refractivity contribution in [2.75, 3.05) is 13.1 Å². The van der Waals surface area contributed by atoms with Crippen molar-refractivity contribution in [3.05, 3.63) is 0 Å². The third-order valence-corrected chi connectivity index (χ3v) is 2.88. The van der Waals surface area contributed by atoms with E-state index in [0.717, 1.165) is 18.4 Å². The monoisotopic (exact) mass is 171 g/mol. The van der Waals surface area contributed by atoms with Gasteiger partial charge in [-0.3, -0.25) is 0 Å². The topological polar surface area (TPSA) is 12.0 Å². The Kier molecular flexibility index (Phi) is 7.58. The molecule has 0 rings (SSSR count). The molecule has 0 radical (unpaired) electrons. The first-order valence-corrected chi connectivity index (χ1v) is 5.43. The first-order valence-electron chi connectivity index (χ1n) is 5.43. The van der Waals surface area contributed by atoms with E-state index in [4.69, 9.17) is 0 Å². The lowest BCUT2D eigenvalue weighted by atomic mass is 9.90. The van der Waals surface area contributed by atoms with Crippen molar-refractivity contribution in [3.63, 3.8) is 0 Å². The Bertz CT molecular complexity index is 91.0. The van der Waals surface area contributed by atoms with Gasteiger partial charge in [-0.25, -0.2) is 0 Å². The summed E-state index contributed by atoms with van der Waals surface area (Å²) in [6, 6.07) is 0. The summed E-state index contributed by atoms with van der Waals surface area (Å²) in [6.07, 6.45) is 4.03. The van der Waals surface area contributed by atoms with Crippen LogP contribution in [0.4, 0.5) is 0 Å². The van der Waals surface area contributed by atoms with Crippen molar-refractivity contribution >= 4 is 0 Å². The van der Waals surface area contributed by atoms with Gasteiger partial charge >= 0.3 is 0 Å². The molecule has 1 nitrogen and oxygen atoms in total. The maximum atomic E-state index is 3.36. The standard InChI is InChI=1S/C11H25N/c1-5-10(3)11(4)8-7-9-12-6-2/h10-12H,5-9H2,1-4H3. The Morgan fingerprint density at radius 3 is 2.25 bits per heavy atom. The summed E-state index contributed by atoms with van der Waals surface area (Å²) < 4.78 is 0. The molecule has 2 unspecified atom stereocenters. The van der Waals surface area contributed by atoms with Crippen molar-refractivity contribution in [2.24, 2.45) is 11.8 Å². The molecule has 0 aromatic carbocycles. The van der Waals surface area contributed by atoms with Crippen molar-refractivity contribution in [1.29, 1.82) is 0 Å². The van der Waals surface area contributed by atoms with Crippen molar-refractivity contribution in [3.8, 4) is 0 Å². The van der Waals surface area contributed by atoms with Gasteiger partial charge in [0.05, 0.1) is 0 Å². The zero-order valence-corrected chi connectivity index (χ0v) is 9.19. The lowest BCUT2D eigenvalue weighted by Gasteiger charge is -2.17. The van der Waals surface area contributed by atoms with Gasteiger partial charge in [0.2, 0.25) is 0 Å². The second kappa shape index (κ2) is 7.60. The Balaban J connectivity index is 3.24. The van der Waals surface area contributed by atoms with Crippen LogP contribution in [-0.2, 0) is 0 Å². The van der Waals surface area contributed by atoms with Crippen molar-refractivity contribution < 1.29 is 0 Å². The van der Waals surface area contributed by atoms with Crippen LogP contribution in [0.2, 0.25) is 0 Å². The van der Waals surface area contributed by atoms with Gasteiger partial charge in [0.25, 0.3) is 0 Å². The van der Waals surface area contributed by atoms with Crippen LogP contribution >= 0.6 is 0 Å². The van der Waals surface area contributed by atoms with Crippen LogP contribution in [0.1, 0.15) is 47.0 Å². The van der Waals surface area contributed by atoms with E-state index < -0.39 is 0 Å². The molecule has 1 N–H and O–H groups in total. The van der Waals surface area contributed by atoms with Gasteiger partial charge in [-0.15, -0.1) is 0 Å². The fraction of sp³-hybridized carbons (Fsp3) is 1.00. The fourth-order valence-electron chi connectivity index (χ4n) is 1.41. The molecule has 2 atom stereocenters. The highest BCUT2D eigenvalue weighted by Crippen LogP contribution is 2.18. The summed E-state index contributed by atoms with van der Waals surface area (Å²) >= 11 is 0. The smallest absolute Gasteiger partial charge is 0.00489 e. The molecule has 0 saturated heterocycles. The number of hydrogen-bond donors (Lipinski definition) is 1. The molecule has 0 heterocycles. The minimum absolute atomic E-state index is 0.895. The molecule has 0 bridgehead atoms. The molecule has 0 aliphatic carbocycles. The lowest BCUT2D eigenvalue weighted by molar-refractivity contribution is 0.345. The van der Waals surface area contributed by atoms with E-state index in [0.29, 0.717) is 0 Å². The van der Waals surface area contributed by atoms with Gasteiger partial charge in [-0.05, 0) is 37.8 Å². The highest BCUT2D eigenvalue weighted by atomic mass is 14.8. The number of rotatable bonds is 7. The van der Waals surface area contributed by atoms with Crippen molar-refractivity contribution in [1.82, 2.24) is 5.32 Å². The Morgan fingerprint density at radius 2 is 1.75 bits per heavy atom. The van der Waals surface area contributed by atoms with Crippen LogP contribution in [-0.4, -0.2) is 13.1 Å². The third kappa shape index (κ3) is 5.59. The Morgan fingerprint density at radius 1 is 1.08 bits per heavy atom. The minimum Gasteiger partial charge on any atom is -0.317 e. The van der Waals surface area contributed by atoms with E-state index in [-0.39, 0.29) is 0 Å². The molecule has 0 aromatic rings. The zero-order valence-electron chi connectivity index (χ0n) is 9.19. The molecule has 0 saturated carbocycles. The molecule has 12 heavy (non-hydrogen) atoms. The second-order valence-corrected chi connectivity index (χ2v) is 3.86. The predicted octanol–water partition coefficient (Wildman–Crippen LogP) is 3.06. The molecule has 0 aliphatic rings. The highest BCUT2D eigenvalue weighted by Gasteiger charge is 2.08. The highest BCUT2D eigenvalue weighted by molar-refractivity contribution is 4.60. The zero-order chi connectivity index (χ0) is 9.40. The van der Waals surface area contributed by atoms with Gasteiger partial charge in [-0.2, -0.15) is 0 Å². The van der Waals surface area contributed by atoms with Crippen LogP contribution in [0.3, 0.4) is 0 Å².